The number of nitrogens with zero attached hydrogens (tertiary/aromatic N) is 3. The lowest BCUT2D eigenvalue weighted by Gasteiger charge is -2.17. The minimum atomic E-state index is -1.04. The van der Waals surface area contributed by atoms with Crippen molar-refractivity contribution in [2.24, 2.45) is 0 Å². The summed E-state index contributed by atoms with van der Waals surface area (Å²) in [6, 6.07) is 7.59. The largest absolute Gasteiger partial charge is 0.493 e. The summed E-state index contributed by atoms with van der Waals surface area (Å²) in [5.74, 6) is 0.685. The van der Waals surface area contributed by atoms with Crippen LogP contribution < -0.4 is 10.1 Å². The molecule has 0 aliphatic carbocycles. The predicted molar refractivity (Wildman–Crippen MR) is 107 cm³/mol. The lowest BCUT2D eigenvalue weighted by atomic mass is 9.99. The minimum Gasteiger partial charge on any atom is -0.493 e. The molecule has 0 fully saturated rings. The first-order chi connectivity index (χ1) is 14.2. The lowest BCUT2D eigenvalue weighted by molar-refractivity contribution is 0.189. The summed E-state index contributed by atoms with van der Waals surface area (Å²) in [6.45, 7) is 0.749. The van der Waals surface area contributed by atoms with Gasteiger partial charge in [-0.3, -0.25) is 0 Å². The molecule has 152 valence electrons. The van der Waals surface area contributed by atoms with Gasteiger partial charge in [0, 0.05) is 23.9 Å². The number of rotatable bonds is 6. The zero-order valence-corrected chi connectivity index (χ0v) is 16.0. The molecule has 8 nitrogen and oxygen atoms in total. The third-order valence-corrected chi connectivity index (χ3v) is 5.19. The maximum atomic E-state index is 11.1. The molecule has 1 amide bonds. The molecule has 8 heteroatoms. The first-order valence-corrected chi connectivity index (χ1v) is 9.85. The second-order valence-corrected chi connectivity index (χ2v) is 7.21. The zero-order valence-electron chi connectivity index (χ0n) is 16.0. The molecule has 0 radical (unpaired) electrons. The molecule has 0 saturated carbocycles. The van der Waals surface area contributed by atoms with Crippen LogP contribution in [-0.2, 0) is 6.42 Å². The number of unbranched alkanes of at least 4 members (excludes halogenated alkanes) is 1. The topological polar surface area (TPSA) is 109 Å². The number of aryl methyl sites for hydroxylation is 1. The summed E-state index contributed by atoms with van der Waals surface area (Å²) >= 11 is 0. The number of aromatic nitrogens is 3. The third-order valence-electron chi connectivity index (χ3n) is 5.19. The predicted octanol–water partition coefficient (Wildman–Crippen LogP) is 3.19. The van der Waals surface area contributed by atoms with Crippen molar-refractivity contribution in [3.63, 3.8) is 0 Å². The van der Waals surface area contributed by atoms with Gasteiger partial charge < -0.3 is 20.3 Å². The quantitative estimate of drug-likeness (QED) is 0.552. The third kappa shape index (κ3) is 4.17. The summed E-state index contributed by atoms with van der Waals surface area (Å²) in [6.07, 6.45) is 6.53. The van der Waals surface area contributed by atoms with Crippen LogP contribution in [0.25, 0.3) is 16.8 Å². The normalized spacial score (nSPS) is 16.1. The van der Waals surface area contributed by atoms with Crippen LogP contribution in [0.3, 0.4) is 0 Å². The molecule has 1 unspecified atom stereocenters. The number of hydrogen-bond donors (Lipinski definition) is 3. The number of carbonyl (C=O) groups is 1. The molecule has 0 saturated heterocycles. The van der Waals surface area contributed by atoms with Crippen molar-refractivity contribution < 1.29 is 19.7 Å². The molecule has 0 bridgehead atoms. The Balaban J connectivity index is 1.69. The van der Waals surface area contributed by atoms with Gasteiger partial charge in [0.2, 0.25) is 0 Å². The smallest absolute Gasteiger partial charge is 0.405 e. The van der Waals surface area contributed by atoms with Crippen LogP contribution in [0.4, 0.5) is 4.79 Å². The number of hydrogen-bond acceptors (Lipinski definition) is 5. The lowest BCUT2D eigenvalue weighted by Crippen LogP contribution is -2.26. The van der Waals surface area contributed by atoms with Gasteiger partial charge in [0.1, 0.15) is 12.1 Å². The van der Waals surface area contributed by atoms with E-state index in [0.717, 1.165) is 53.6 Å². The molecule has 0 spiro atoms. The first kappa shape index (κ1) is 19.2. The SMILES string of the molecule is O=C(O)NC1CCCOc2cc(-c3ncnn4cc(CCCCO)cc34)ccc21. The van der Waals surface area contributed by atoms with Crippen molar-refractivity contribution in [3.05, 3.63) is 47.9 Å². The summed E-state index contributed by atoms with van der Waals surface area (Å²) in [4.78, 5) is 15.6. The van der Waals surface area contributed by atoms with E-state index in [9.17, 15) is 4.79 Å². The number of nitrogens with one attached hydrogen (secondary N) is 1. The molecular formula is C21H24N4O4. The Morgan fingerprint density at radius 1 is 1.31 bits per heavy atom. The number of amides is 1. The van der Waals surface area contributed by atoms with E-state index in [-0.39, 0.29) is 12.6 Å². The molecule has 4 rings (SSSR count). The second kappa shape index (κ2) is 8.48. The van der Waals surface area contributed by atoms with Gasteiger partial charge in [0.05, 0.1) is 23.9 Å². The number of aliphatic hydroxyl groups is 1. The second-order valence-electron chi connectivity index (χ2n) is 7.21. The monoisotopic (exact) mass is 396 g/mol. The molecule has 3 N–H and O–H groups in total. The average Bonchev–Trinajstić information content (AvgIpc) is 3.03. The Hall–Kier alpha value is -3.13. The van der Waals surface area contributed by atoms with Gasteiger partial charge in [-0.1, -0.05) is 12.1 Å². The van der Waals surface area contributed by atoms with Crippen LogP contribution in [0, 0.1) is 0 Å². The summed E-state index contributed by atoms with van der Waals surface area (Å²) in [7, 11) is 0. The van der Waals surface area contributed by atoms with Crippen molar-refractivity contribution in [1.29, 1.82) is 0 Å². The van der Waals surface area contributed by atoms with Crippen molar-refractivity contribution in [1.82, 2.24) is 19.9 Å². The number of carboxylic acid groups (broad SMARTS) is 1. The van der Waals surface area contributed by atoms with Gasteiger partial charge in [-0.05, 0) is 49.8 Å². The van der Waals surface area contributed by atoms with Gasteiger partial charge in [0.15, 0.2) is 0 Å². The van der Waals surface area contributed by atoms with E-state index in [4.69, 9.17) is 14.9 Å². The highest BCUT2D eigenvalue weighted by Gasteiger charge is 2.22. The first-order valence-electron chi connectivity index (χ1n) is 9.85. The Morgan fingerprint density at radius 2 is 2.21 bits per heavy atom. The molecule has 2 aromatic heterocycles. The highest BCUT2D eigenvalue weighted by Crippen LogP contribution is 2.35. The number of fused-ring (bicyclic) bond motifs is 2. The van der Waals surface area contributed by atoms with E-state index >= 15 is 0 Å². The molecule has 3 aromatic rings. The molecule has 1 aliphatic rings. The van der Waals surface area contributed by atoms with Crippen molar-refractivity contribution in [3.8, 4) is 17.0 Å². The Morgan fingerprint density at radius 3 is 3.03 bits per heavy atom. The van der Waals surface area contributed by atoms with Crippen molar-refractivity contribution in [2.45, 2.75) is 38.1 Å². The van der Waals surface area contributed by atoms with Crippen molar-refractivity contribution >= 4 is 11.6 Å². The van der Waals surface area contributed by atoms with E-state index in [1.54, 1.807) is 0 Å². The fourth-order valence-electron chi connectivity index (χ4n) is 3.80. The summed E-state index contributed by atoms with van der Waals surface area (Å²) < 4.78 is 7.72. The van der Waals surface area contributed by atoms with E-state index in [1.807, 2.05) is 28.9 Å². The van der Waals surface area contributed by atoms with Crippen LogP contribution in [0.1, 0.15) is 42.9 Å². The molecule has 1 aromatic carbocycles. The summed E-state index contributed by atoms with van der Waals surface area (Å²) in [5, 5.41) is 25.0. The van der Waals surface area contributed by atoms with Crippen LogP contribution in [-0.4, -0.2) is 44.1 Å². The summed E-state index contributed by atoms with van der Waals surface area (Å²) in [5.41, 5.74) is 4.59. The average molecular weight is 396 g/mol. The van der Waals surface area contributed by atoms with Gasteiger partial charge >= 0.3 is 6.09 Å². The Kier molecular flexibility index (Phi) is 5.62. The molecule has 3 heterocycles. The number of aliphatic hydroxyl groups excluding tert-OH is 1. The van der Waals surface area contributed by atoms with Gasteiger partial charge in [0.25, 0.3) is 0 Å². The maximum Gasteiger partial charge on any atom is 0.405 e. The standard InChI is InChI=1S/C21H24N4O4/c26-8-2-1-4-14-10-18-20(22-13-23-25(18)12-14)15-6-7-16-17(24-21(27)28)5-3-9-29-19(16)11-15/h6-7,10-13,17,24,26H,1-5,8-9H2,(H,27,28). The van der Waals surface area contributed by atoms with Crippen LogP contribution >= 0.6 is 0 Å². The van der Waals surface area contributed by atoms with Crippen molar-refractivity contribution in [2.75, 3.05) is 13.2 Å². The van der Waals surface area contributed by atoms with E-state index in [2.05, 4.69) is 21.5 Å². The Bertz CT molecular complexity index is 1020. The number of ether oxygens (including phenoxy) is 1. The molecule has 29 heavy (non-hydrogen) atoms. The number of benzene rings is 1. The highest BCUT2D eigenvalue weighted by atomic mass is 16.5. The van der Waals surface area contributed by atoms with E-state index in [0.29, 0.717) is 18.8 Å². The van der Waals surface area contributed by atoms with Gasteiger partial charge in [-0.2, -0.15) is 5.10 Å². The highest BCUT2D eigenvalue weighted by molar-refractivity contribution is 5.78. The molecular weight excluding hydrogens is 372 g/mol. The van der Waals surface area contributed by atoms with Gasteiger partial charge in [-0.15, -0.1) is 0 Å². The van der Waals surface area contributed by atoms with E-state index in [1.165, 1.54) is 6.33 Å². The van der Waals surface area contributed by atoms with Crippen LogP contribution in [0.2, 0.25) is 0 Å². The fraction of sp³-hybridized carbons (Fsp3) is 0.381. The van der Waals surface area contributed by atoms with Gasteiger partial charge in [-0.25, -0.2) is 14.3 Å². The van der Waals surface area contributed by atoms with Crippen LogP contribution in [0.15, 0.2) is 36.8 Å². The van der Waals surface area contributed by atoms with Crippen LogP contribution in [0.5, 0.6) is 5.75 Å². The molecule has 1 atom stereocenters. The van der Waals surface area contributed by atoms with E-state index < -0.39 is 6.09 Å². The minimum absolute atomic E-state index is 0.200. The Labute approximate surface area is 168 Å². The maximum absolute atomic E-state index is 11.1. The fourth-order valence-corrected chi connectivity index (χ4v) is 3.80. The zero-order chi connectivity index (χ0) is 20.2. The molecule has 1 aliphatic heterocycles.